The van der Waals surface area contributed by atoms with Crippen molar-refractivity contribution in [3.05, 3.63) is 47.0 Å². The van der Waals surface area contributed by atoms with Gasteiger partial charge in [-0.3, -0.25) is 0 Å². The van der Waals surface area contributed by atoms with Crippen molar-refractivity contribution >= 4 is 12.1 Å². The SMILES string of the molecule is CCCC(C(=O)OC(C)(C)C)=C1CCN(C(=O)OCc2ccccc2)CC1. The summed E-state index contributed by atoms with van der Waals surface area (Å²) in [5.41, 5.74) is 2.36. The quantitative estimate of drug-likeness (QED) is 0.546. The first-order chi connectivity index (χ1) is 12.8. The van der Waals surface area contributed by atoms with E-state index in [1.54, 1.807) is 4.90 Å². The predicted molar refractivity (Wildman–Crippen MR) is 105 cm³/mol. The summed E-state index contributed by atoms with van der Waals surface area (Å²) in [7, 11) is 0. The Bertz CT molecular complexity index is 663. The molecule has 148 valence electrons. The molecule has 0 radical (unpaired) electrons. The van der Waals surface area contributed by atoms with Gasteiger partial charge in [0.05, 0.1) is 0 Å². The van der Waals surface area contributed by atoms with Crippen LogP contribution in [0.4, 0.5) is 4.79 Å². The first-order valence-electron chi connectivity index (χ1n) is 9.70. The summed E-state index contributed by atoms with van der Waals surface area (Å²) >= 11 is 0. The lowest BCUT2D eigenvalue weighted by Crippen LogP contribution is -2.37. The number of hydrogen-bond donors (Lipinski definition) is 0. The Morgan fingerprint density at radius 1 is 1.07 bits per heavy atom. The number of esters is 1. The van der Waals surface area contributed by atoms with Gasteiger partial charge < -0.3 is 14.4 Å². The second-order valence-electron chi connectivity index (χ2n) is 7.86. The molecule has 1 aromatic carbocycles. The van der Waals surface area contributed by atoms with E-state index in [0.29, 0.717) is 32.4 Å². The highest BCUT2D eigenvalue weighted by Gasteiger charge is 2.26. The summed E-state index contributed by atoms with van der Waals surface area (Å²) in [6.45, 7) is 9.11. The van der Waals surface area contributed by atoms with Crippen molar-refractivity contribution in [2.75, 3.05) is 13.1 Å². The van der Waals surface area contributed by atoms with Crippen molar-refractivity contribution in [2.24, 2.45) is 0 Å². The lowest BCUT2D eigenvalue weighted by molar-refractivity contribution is -0.150. The third-order valence-electron chi connectivity index (χ3n) is 4.40. The minimum Gasteiger partial charge on any atom is -0.457 e. The van der Waals surface area contributed by atoms with Crippen molar-refractivity contribution in [1.82, 2.24) is 4.90 Å². The number of rotatable bonds is 5. The van der Waals surface area contributed by atoms with Gasteiger partial charge in [0.1, 0.15) is 12.2 Å². The predicted octanol–water partition coefficient (Wildman–Crippen LogP) is 4.86. The second kappa shape index (κ2) is 9.58. The van der Waals surface area contributed by atoms with Crippen molar-refractivity contribution in [3.8, 4) is 0 Å². The van der Waals surface area contributed by atoms with E-state index in [4.69, 9.17) is 9.47 Å². The molecule has 2 rings (SSSR count). The maximum Gasteiger partial charge on any atom is 0.410 e. The molecule has 1 aromatic rings. The fraction of sp³-hybridized carbons (Fsp3) is 0.545. The van der Waals surface area contributed by atoms with E-state index in [9.17, 15) is 9.59 Å². The number of nitrogens with zero attached hydrogens (tertiary/aromatic N) is 1. The van der Waals surface area contributed by atoms with E-state index in [1.807, 2.05) is 51.1 Å². The van der Waals surface area contributed by atoms with Crippen molar-refractivity contribution in [3.63, 3.8) is 0 Å². The van der Waals surface area contributed by atoms with Crippen LogP contribution in [0.2, 0.25) is 0 Å². The molecule has 5 nitrogen and oxygen atoms in total. The zero-order valence-corrected chi connectivity index (χ0v) is 16.9. The number of hydrogen-bond acceptors (Lipinski definition) is 4. The molecule has 0 atom stereocenters. The summed E-state index contributed by atoms with van der Waals surface area (Å²) < 4.78 is 11.0. The topological polar surface area (TPSA) is 55.8 Å². The highest BCUT2D eigenvalue weighted by atomic mass is 16.6. The summed E-state index contributed by atoms with van der Waals surface area (Å²) in [6.07, 6.45) is 2.68. The highest BCUT2D eigenvalue weighted by Crippen LogP contribution is 2.26. The van der Waals surface area contributed by atoms with E-state index in [2.05, 4.69) is 6.92 Å². The number of likely N-dealkylation sites (tertiary alicyclic amines) is 1. The van der Waals surface area contributed by atoms with Gasteiger partial charge in [-0.15, -0.1) is 0 Å². The molecule has 0 spiro atoms. The normalized spacial score (nSPS) is 14.7. The van der Waals surface area contributed by atoms with Crippen molar-refractivity contribution < 1.29 is 19.1 Å². The third kappa shape index (κ3) is 6.74. The summed E-state index contributed by atoms with van der Waals surface area (Å²) in [4.78, 5) is 26.5. The molecule has 5 heteroatoms. The maximum absolute atomic E-state index is 12.5. The van der Waals surface area contributed by atoms with Crippen molar-refractivity contribution in [1.29, 1.82) is 0 Å². The molecule has 0 aliphatic carbocycles. The molecule has 1 fully saturated rings. The number of amides is 1. The average Bonchev–Trinajstić information content (AvgIpc) is 2.63. The summed E-state index contributed by atoms with van der Waals surface area (Å²) in [6, 6.07) is 9.65. The number of carbonyl (C=O) groups is 2. The van der Waals surface area contributed by atoms with E-state index in [1.165, 1.54) is 0 Å². The van der Waals surface area contributed by atoms with Crippen molar-refractivity contribution in [2.45, 2.75) is 65.6 Å². The van der Waals surface area contributed by atoms with Crippen LogP contribution in [0.1, 0.15) is 58.9 Å². The van der Waals surface area contributed by atoms with Gasteiger partial charge in [0.15, 0.2) is 0 Å². The van der Waals surface area contributed by atoms with E-state index in [-0.39, 0.29) is 18.7 Å². The maximum atomic E-state index is 12.5. The molecule has 1 aliphatic heterocycles. The minimum absolute atomic E-state index is 0.223. The van der Waals surface area contributed by atoms with Crippen LogP contribution in [0.15, 0.2) is 41.5 Å². The first kappa shape index (κ1) is 21.0. The van der Waals surface area contributed by atoms with Crippen LogP contribution in [-0.4, -0.2) is 35.7 Å². The van der Waals surface area contributed by atoms with Crippen LogP contribution in [0, 0.1) is 0 Å². The number of ether oxygens (including phenoxy) is 2. The van der Waals surface area contributed by atoms with Gasteiger partial charge in [-0.2, -0.15) is 0 Å². The molecule has 1 heterocycles. The van der Waals surface area contributed by atoms with E-state index < -0.39 is 5.60 Å². The molecule has 1 aliphatic rings. The molecular weight excluding hydrogens is 342 g/mol. The number of carbonyl (C=O) groups excluding carboxylic acids is 2. The summed E-state index contributed by atoms with van der Waals surface area (Å²) in [5, 5.41) is 0. The molecule has 1 saturated heterocycles. The zero-order chi connectivity index (χ0) is 19.9. The van der Waals surface area contributed by atoms with E-state index in [0.717, 1.165) is 23.1 Å². The van der Waals surface area contributed by atoms with Gasteiger partial charge in [-0.05, 0) is 45.6 Å². The Hall–Kier alpha value is -2.30. The largest absolute Gasteiger partial charge is 0.457 e. The Kier molecular flexibility index (Phi) is 7.45. The molecule has 0 bridgehead atoms. The van der Waals surface area contributed by atoms with Gasteiger partial charge in [0, 0.05) is 18.7 Å². The Morgan fingerprint density at radius 3 is 2.26 bits per heavy atom. The fourth-order valence-corrected chi connectivity index (χ4v) is 3.08. The Labute approximate surface area is 162 Å². The van der Waals surface area contributed by atoms with Crippen LogP contribution in [0.25, 0.3) is 0 Å². The second-order valence-corrected chi connectivity index (χ2v) is 7.86. The van der Waals surface area contributed by atoms with Crippen LogP contribution < -0.4 is 0 Å². The number of benzene rings is 1. The zero-order valence-electron chi connectivity index (χ0n) is 16.9. The smallest absolute Gasteiger partial charge is 0.410 e. The van der Waals surface area contributed by atoms with Gasteiger partial charge in [-0.25, -0.2) is 9.59 Å². The first-order valence-corrected chi connectivity index (χ1v) is 9.70. The number of piperidine rings is 1. The van der Waals surface area contributed by atoms with Crippen LogP contribution in [0.5, 0.6) is 0 Å². The van der Waals surface area contributed by atoms with Crippen LogP contribution in [0.3, 0.4) is 0 Å². The monoisotopic (exact) mass is 373 g/mol. The lowest BCUT2D eigenvalue weighted by atomic mass is 9.95. The van der Waals surface area contributed by atoms with Gasteiger partial charge >= 0.3 is 12.1 Å². The molecule has 0 aromatic heterocycles. The van der Waals surface area contributed by atoms with Crippen LogP contribution in [-0.2, 0) is 20.9 Å². The van der Waals surface area contributed by atoms with Gasteiger partial charge in [0.2, 0.25) is 0 Å². The average molecular weight is 373 g/mol. The molecule has 0 N–H and O–H groups in total. The Morgan fingerprint density at radius 2 is 1.70 bits per heavy atom. The summed E-state index contributed by atoms with van der Waals surface area (Å²) in [5.74, 6) is -0.223. The molecule has 27 heavy (non-hydrogen) atoms. The fourth-order valence-electron chi connectivity index (χ4n) is 3.08. The van der Waals surface area contributed by atoms with Gasteiger partial charge in [0.25, 0.3) is 0 Å². The molecule has 1 amide bonds. The van der Waals surface area contributed by atoms with Crippen LogP contribution >= 0.6 is 0 Å². The third-order valence-corrected chi connectivity index (χ3v) is 4.40. The highest BCUT2D eigenvalue weighted by molar-refractivity contribution is 5.89. The van der Waals surface area contributed by atoms with E-state index >= 15 is 0 Å². The Balaban J connectivity index is 1.93. The molecule has 0 saturated carbocycles. The molecule has 0 unspecified atom stereocenters. The minimum atomic E-state index is -0.501. The lowest BCUT2D eigenvalue weighted by Gasteiger charge is -2.29. The molecular formula is C22H31NO4. The van der Waals surface area contributed by atoms with Gasteiger partial charge in [-0.1, -0.05) is 49.2 Å². The standard InChI is InChI=1S/C22H31NO4/c1-5-9-19(20(24)27-22(2,3)4)18-12-14-23(15-13-18)21(25)26-16-17-10-7-6-8-11-17/h6-8,10-11H,5,9,12-16H2,1-4H3.